The molecule has 0 spiro atoms. The second-order valence-electron chi connectivity index (χ2n) is 5.25. The van der Waals surface area contributed by atoms with E-state index in [2.05, 4.69) is 15.3 Å². The molecule has 0 saturated carbocycles. The van der Waals surface area contributed by atoms with Crippen molar-refractivity contribution in [3.63, 3.8) is 0 Å². The van der Waals surface area contributed by atoms with Gasteiger partial charge in [0, 0.05) is 17.5 Å². The molecule has 0 aliphatic carbocycles. The van der Waals surface area contributed by atoms with Crippen LogP contribution in [0.15, 0.2) is 39.6 Å². The first-order valence-corrected chi connectivity index (χ1v) is 9.49. The normalized spacial score (nSPS) is 10.6. The highest BCUT2D eigenvalue weighted by Gasteiger charge is 2.14. The van der Waals surface area contributed by atoms with Gasteiger partial charge in [0.2, 0.25) is 5.91 Å². The maximum absolute atomic E-state index is 13.1. The molecule has 9 heteroatoms. The van der Waals surface area contributed by atoms with Gasteiger partial charge in [0.1, 0.15) is 10.6 Å². The number of nitrogens with one attached hydrogen (secondary N) is 2. The lowest BCUT2D eigenvalue weighted by Gasteiger charge is -2.03. The topological polar surface area (TPSA) is 98.6 Å². The summed E-state index contributed by atoms with van der Waals surface area (Å²) in [6.45, 7) is 0.296. The summed E-state index contributed by atoms with van der Waals surface area (Å²) in [6, 6.07) is 7.86. The number of fused-ring (bicyclic) bond motifs is 1. The molecule has 26 heavy (non-hydrogen) atoms. The van der Waals surface area contributed by atoms with E-state index in [-0.39, 0.29) is 29.5 Å². The summed E-state index contributed by atoms with van der Waals surface area (Å²) in [5, 5.41) is 13.7. The second-order valence-corrected chi connectivity index (χ2v) is 7.08. The summed E-state index contributed by atoms with van der Waals surface area (Å²) in [6.07, 6.45) is 0.249. The maximum Gasteiger partial charge on any atom is 0.260 e. The Hall–Kier alpha value is -2.70. The van der Waals surface area contributed by atoms with Crippen molar-refractivity contribution in [3.05, 3.63) is 45.8 Å². The zero-order valence-electron chi connectivity index (χ0n) is 13.4. The molecule has 1 aromatic carbocycles. The van der Waals surface area contributed by atoms with E-state index in [0.717, 1.165) is 17.3 Å². The van der Waals surface area contributed by atoms with Gasteiger partial charge in [-0.3, -0.25) is 9.59 Å². The zero-order valence-corrected chi connectivity index (χ0v) is 15.0. The highest BCUT2D eigenvalue weighted by atomic mass is 32.2. The van der Waals surface area contributed by atoms with Crippen LogP contribution in [0, 0.1) is 17.1 Å². The van der Waals surface area contributed by atoms with Gasteiger partial charge in [0.05, 0.1) is 23.6 Å². The first-order chi connectivity index (χ1) is 12.6. The number of thioether (sulfide) groups is 1. The Bertz CT molecular complexity index is 1040. The highest BCUT2D eigenvalue weighted by Crippen LogP contribution is 2.31. The summed E-state index contributed by atoms with van der Waals surface area (Å²) in [4.78, 5) is 31.8. The maximum atomic E-state index is 13.1. The van der Waals surface area contributed by atoms with Crippen LogP contribution in [0.4, 0.5) is 4.39 Å². The van der Waals surface area contributed by atoms with Gasteiger partial charge in [0.15, 0.2) is 5.16 Å². The van der Waals surface area contributed by atoms with Gasteiger partial charge < -0.3 is 10.3 Å². The standard InChI is InChI=1S/C17H13FN4O2S2/c18-11-4-2-10(3-5-11)12-8-25-16-14(12)15(24)21-17(22-16)26-9-13(23)20-7-1-6-19/h2-5,8H,1,7,9H2,(H,20,23)(H,21,22,24). The fraction of sp³-hybridized carbons (Fsp3) is 0.176. The molecule has 0 atom stereocenters. The monoisotopic (exact) mass is 388 g/mol. The molecular formula is C17H13FN4O2S2. The van der Waals surface area contributed by atoms with E-state index in [1.807, 2.05) is 11.4 Å². The molecule has 2 N–H and O–H groups in total. The highest BCUT2D eigenvalue weighted by molar-refractivity contribution is 7.99. The van der Waals surface area contributed by atoms with E-state index in [4.69, 9.17) is 5.26 Å². The van der Waals surface area contributed by atoms with Gasteiger partial charge in [-0.2, -0.15) is 5.26 Å². The second kappa shape index (κ2) is 8.12. The van der Waals surface area contributed by atoms with Gasteiger partial charge in [-0.1, -0.05) is 23.9 Å². The Balaban J connectivity index is 1.79. The zero-order chi connectivity index (χ0) is 18.5. The molecule has 2 heterocycles. The van der Waals surface area contributed by atoms with Crippen molar-refractivity contribution in [2.75, 3.05) is 12.3 Å². The largest absolute Gasteiger partial charge is 0.354 e. The number of nitriles is 1. The number of nitrogens with zero attached hydrogens (tertiary/aromatic N) is 2. The van der Waals surface area contributed by atoms with E-state index >= 15 is 0 Å². The number of aromatic nitrogens is 2. The van der Waals surface area contributed by atoms with E-state index in [0.29, 0.717) is 27.5 Å². The van der Waals surface area contributed by atoms with Crippen molar-refractivity contribution in [1.82, 2.24) is 15.3 Å². The number of halogens is 1. The molecule has 0 radical (unpaired) electrons. The summed E-state index contributed by atoms with van der Waals surface area (Å²) < 4.78 is 13.1. The summed E-state index contributed by atoms with van der Waals surface area (Å²) in [7, 11) is 0. The average molecular weight is 388 g/mol. The van der Waals surface area contributed by atoms with Crippen molar-refractivity contribution in [2.45, 2.75) is 11.6 Å². The number of carbonyl (C=O) groups excluding carboxylic acids is 1. The Kier molecular flexibility index (Phi) is 5.65. The van der Waals surface area contributed by atoms with Gasteiger partial charge >= 0.3 is 0 Å². The molecule has 0 aliphatic rings. The molecule has 0 unspecified atom stereocenters. The van der Waals surface area contributed by atoms with E-state index in [1.165, 1.54) is 23.5 Å². The smallest absolute Gasteiger partial charge is 0.260 e. The third-order valence-corrected chi connectivity index (χ3v) is 5.22. The third-order valence-electron chi connectivity index (χ3n) is 3.48. The van der Waals surface area contributed by atoms with Crippen molar-refractivity contribution < 1.29 is 9.18 Å². The number of carbonyl (C=O) groups is 1. The number of hydrogen-bond acceptors (Lipinski definition) is 6. The number of amides is 1. The van der Waals surface area contributed by atoms with Crippen molar-refractivity contribution >= 4 is 39.2 Å². The van der Waals surface area contributed by atoms with Crippen LogP contribution in [-0.4, -0.2) is 28.2 Å². The van der Waals surface area contributed by atoms with E-state index < -0.39 is 0 Å². The van der Waals surface area contributed by atoms with Crippen molar-refractivity contribution in [3.8, 4) is 17.2 Å². The third kappa shape index (κ3) is 4.09. The van der Waals surface area contributed by atoms with Gasteiger partial charge in [-0.05, 0) is 17.7 Å². The first-order valence-electron chi connectivity index (χ1n) is 7.62. The van der Waals surface area contributed by atoms with Crippen molar-refractivity contribution in [1.29, 1.82) is 5.26 Å². The minimum absolute atomic E-state index is 0.0933. The fourth-order valence-electron chi connectivity index (χ4n) is 2.28. The lowest BCUT2D eigenvalue weighted by molar-refractivity contribution is -0.118. The summed E-state index contributed by atoms with van der Waals surface area (Å²) in [5.41, 5.74) is 1.13. The predicted octanol–water partition coefficient (Wildman–Crippen LogP) is 2.91. The molecular weight excluding hydrogens is 375 g/mol. The molecule has 2 aromatic heterocycles. The lowest BCUT2D eigenvalue weighted by atomic mass is 10.1. The number of H-pyrrole nitrogens is 1. The van der Waals surface area contributed by atoms with Crippen molar-refractivity contribution in [2.24, 2.45) is 0 Å². The quantitative estimate of drug-likeness (QED) is 0.384. The van der Waals surface area contributed by atoms with Gasteiger partial charge in [-0.25, -0.2) is 9.37 Å². The number of rotatable bonds is 6. The Morgan fingerprint density at radius 1 is 1.38 bits per heavy atom. The fourth-order valence-corrected chi connectivity index (χ4v) is 3.98. The van der Waals surface area contributed by atoms with Crippen LogP contribution in [0.3, 0.4) is 0 Å². The van der Waals surface area contributed by atoms with Crippen LogP contribution in [0.25, 0.3) is 21.3 Å². The van der Waals surface area contributed by atoms with E-state index in [1.54, 1.807) is 12.1 Å². The molecule has 6 nitrogen and oxygen atoms in total. The average Bonchev–Trinajstić information content (AvgIpc) is 3.05. The Morgan fingerprint density at radius 2 is 2.15 bits per heavy atom. The Morgan fingerprint density at radius 3 is 2.88 bits per heavy atom. The van der Waals surface area contributed by atoms with Gasteiger partial charge in [-0.15, -0.1) is 11.3 Å². The molecule has 132 valence electrons. The Labute approximate surface area is 156 Å². The first kappa shape index (κ1) is 18.1. The van der Waals surface area contributed by atoms with Crippen LogP contribution >= 0.6 is 23.1 Å². The molecule has 3 aromatic rings. The molecule has 3 rings (SSSR count). The number of aromatic amines is 1. The van der Waals surface area contributed by atoms with Crippen LogP contribution < -0.4 is 10.9 Å². The predicted molar refractivity (Wildman–Crippen MR) is 99.6 cm³/mol. The minimum atomic E-state index is -0.341. The summed E-state index contributed by atoms with van der Waals surface area (Å²) in [5.74, 6) is -0.478. The van der Waals surface area contributed by atoms with E-state index in [9.17, 15) is 14.0 Å². The molecule has 1 amide bonds. The van der Waals surface area contributed by atoms with Crippen LogP contribution in [0.1, 0.15) is 6.42 Å². The minimum Gasteiger partial charge on any atom is -0.354 e. The lowest BCUT2D eigenvalue weighted by Crippen LogP contribution is -2.26. The van der Waals surface area contributed by atoms with Gasteiger partial charge in [0.25, 0.3) is 5.56 Å². The van der Waals surface area contributed by atoms with Crippen LogP contribution in [0.5, 0.6) is 0 Å². The molecule has 0 fully saturated rings. The molecule has 0 bridgehead atoms. The molecule has 0 aliphatic heterocycles. The SMILES string of the molecule is N#CCCNC(=O)CSc1nc2scc(-c3ccc(F)cc3)c2c(=O)[nH]1. The van der Waals surface area contributed by atoms with Crippen LogP contribution in [0.2, 0.25) is 0 Å². The molecule has 0 saturated heterocycles. The van der Waals surface area contributed by atoms with Crippen LogP contribution in [-0.2, 0) is 4.79 Å². The number of thiophene rings is 1. The number of hydrogen-bond donors (Lipinski definition) is 2. The number of benzene rings is 1. The summed E-state index contributed by atoms with van der Waals surface area (Å²) >= 11 is 2.44.